The molecule has 3 aliphatic rings. The summed E-state index contributed by atoms with van der Waals surface area (Å²) in [6.07, 6.45) is 5.25. The van der Waals surface area contributed by atoms with Crippen LogP contribution in [0, 0.1) is 16.2 Å². The van der Waals surface area contributed by atoms with Crippen molar-refractivity contribution in [2.75, 3.05) is 6.61 Å². The summed E-state index contributed by atoms with van der Waals surface area (Å²) in [4.78, 5) is 0. The highest BCUT2D eigenvalue weighted by atomic mass is 16.3. The molecule has 1 N–H and O–H groups in total. The minimum Gasteiger partial charge on any atom is -0.396 e. The summed E-state index contributed by atoms with van der Waals surface area (Å²) in [5, 5.41) is 9.10. The van der Waals surface area contributed by atoms with Crippen LogP contribution in [-0.2, 0) is 0 Å². The Hall–Kier alpha value is -0.0400. The molecule has 12 heavy (non-hydrogen) atoms. The lowest BCUT2D eigenvalue weighted by Crippen LogP contribution is -2.64. The number of aliphatic hydroxyl groups excluding tert-OH is 1. The lowest BCUT2D eigenvalue weighted by Gasteiger charge is -2.72. The van der Waals surface area contributed by atoms with Gasteiger partial charge in [0.1, 0.15) is 0 Å². The summed E-state index contributed by atoms with van der Waals surface area (Å²) in [5.41, 5.74) is 1.52. The van der Waals surface area contributed by atoms with Crippen molar-refractivity contribution in [3.05, 3.63) is 0 Å². The van der Waals surface area contributed by atoms with Gasteiger partial charge in [-0.2, -0.15) is 0 Å². The van der Waals surface area contributed by atoms with Crippen LogP contribution in [0.25, 0.3) is 0 Å². The Kier molecular flexibility index (Phi) is 1.47. The average Bonchev–Trinajstić information content (AvgIpc) is 1.72. The van der Waals surface area contributed by atoms with Gasteiger partial charge in [0.25, 0.3) is 0 Å². The molecule has 0 saturated heterocycles. The van der Waals surface area contributed by atoms with Gasteiger partial charge < -0.3 is 5.11 Å². The minimum atomic E-state index is 0.394. The van der Waals surface area contributed by atoms with Crippen LogP contribution < -0.4 is 0 Å². The summed E-state index contributed by atoms with van der Waals surface area (Å²) in [6.45, 7) is 7.38. The van der Waals surface area contributed by atoms with Crippen LogP contribution in [0.2, 0.25) is 0 Å². The molecule has 3 rings (SSSR count). The van der Waals surface area contributed by atoms with Gasteiger partial charge in [-0.3, -0.25) is 0 Å². The first-order chi connectivity index (χ1) is 5.39. The molecule has 0 radical (unpaired) electrons. The van der Waals surface area contributed by atoms with Crippen molar-refractivity contribution in [2.24, 2.45) is 16.2 Å². The molecule has 1 heteroatoms. The van der Waals surface area contributed by atoms with E-state index in [1.807, 2.05) is 0 Å². The number of hydrogen-bond acceptors (Lipinski definition) is 1. The molecule has 70 valence electrons. The van der Waals surface area contributed by atoms with E-state index in [2.05, 4.69) is 20.8 Å². The van der Waals surface area contributed by atoms with Gasteiger partial charge in [0.2, 0.25) is 0 Å². The predicted molar refractivity (Wildman–Crippen MR) is 49.9 cm³/mol. The first kappa shape index (κ1) is 8.55. The molecule has 0 heterocycles. The number of hydrogen-bond donors (Lipinski definition) is 1. The average molecular weight is 168 g/mol. The fraction of sp³-hybridized carbons (Fsp3) is 1.00. The van der Waals surface area contributed by atoms with Gasteiger partial charge >= 0.3 is 0 Å². The van der Waals surface area contributed by atoms with E-state index in [-0.39, 0.29) is 0 Å². The highest BCUT2D eigenvalue weighted by Crippen LogP contribution is 2.75. The van der Waals surface area contributed by atoms with Gasteiger partial charge in [0.05, 0.1) is 0 Å². The van der Waals surface area contributed by atoms with Gasteiger partial charge in [-0.05, 0) is 41.9 Å². The molecule has 2 bridgehead atoms. The minimum absolute atomic E-state index is 0.394. The Morgan fingerprint density at radius 2 is 1.58 bits per heavy atom. The van der Waals surface area contributed by atoms with Crippen molar-refractivity contribution in [3.8, 4) is 0 Å². The molecule has 0 unspecified atom stereocenters. The Bertz CT molecular complexity index is 180. The molecule has 3 aliphatic carbocycles. The summed E-state index contributed by atoms with van der Waals surface area (Å²) in [6, 6.07) is 0. The SMILES string of the molecule is CC(C)(C)CC12CC(CO)(C1)C2. The Morgan fingerprint density at radius 1 is 1.08 bits per heavy atom. The first-order valence-electron chi connectivity index (χ1n) is 5.00. The molecular weight excluding hydrogens is 148 g/mol. The summed E-state index contributed by atoms with van der Waals surface area (Å²) in [5.74, 6) is 0. The monoisotopic (exact) mass is 168 g/mol. The van der Waals surface area contributed by atoms with Gasteiger partial charge in [0.15, 0.2) is 0 Å². The van der Waals surface area contributed by atoms with Crippen LogP contribution in [0.3, 0.4) is 0 Å². The van der Waals surface area contributed by atoms with Gasteiger partial charge in [-0.15, -0.1) is 0 Å². The van der Waals surface area contributed by atoms with E-state index in [0.717, 1.165) is 0 Å². The quantitative estimate of drug-likeness (QED) is 0.672. The molecule has 0 amide bonds. The highest BCUT2D eigenvalue weighted by molar-refractivity contribution is 5.17. The van der Waals surface area contributed by atoms with Crippen LogP contribution in [0.4, 0.5) is 0 Å². The lowest BCUT2D eigenvalue weighted by atomic mass is 9.33. The fourth-order valence-corrected chi connectivity index (χ4v) is 3.71. The Labute approximate surface area is 75.2 Å². The first-order valence-corrected chi connectivity index (χ1v) is 5.00. The molecule has 0 aromatic heterocycles. The van der Waals surface area contributed by atoms with Gasteiger partial charge in [0, 0.05) is 6.61 Å². The van der Waals surface area contributed by atoms with Crippen molar-refractivity contribution < 1.29 is 5.11 Å². The third-order valence-electron chi connectivity index (χ3n) is 3.49. The standard InChI is InChI=1S/C11H20O/c1-9(2,3)4-10-5-11(6-10,7-10)8-12/h12H,4-8H2,1-3H3. The maximum absolute atomic E-state index is 9.10. The summed E-state index contributed by atoms with van der Waals surface area (Å²) >= 11 is 0. The smallest absolute Gasteiger partial charge is 0.0488 e. The normalized spacial score (nSPS) is 45.0. The number of aliphatic hydroxyl groups is 1. The topological polar surface area (TPSA) is 20.2 Å². The van der Waals surface area contributed by atoms with Crippen LogP contribution in [0.15, 0.2) is 0 Å². The molecular formula is C11H20O. The lowest BCUT2D eigenvalue weighted by molar-refractivity contribution is -0.236. The zero-order valence-electron chi connectivity index (χ0n) is 8.48. The Balaban J connectivity index is 1.88. The third-order valence-corrected chi connectivity index (χ3v) is 3.49. The second-order valence-corrected chi connectivity index (χ2v) is 6.43. The molecule has 0 aromatic rings. The van der Waals surface area contributed by atoms with E-state index in [9.17, 15) is 0 Å². The second-order valence-electron chi connectivity index (χ2n) is 6.43. The van der Waals surface area contributed by atoms with Crippen LogP contribution in [0.5, 0.6) is 0 Å². The highest BCUT2D eigenvalue weighted by Gasteiger charge is 2.67. The molecule has 3 fully saturated rings. The van der Waals surface area contributed by atoms with E-state index in [0.29, 0.717) is 22.9 Å². The second kappa shape index (κ2) is 2.06. The zero-order chi connectivity index (χ0) is 9.04. The van der Waals surface area contributed by atoms with E-state index < -0.39 is 0 Å². The van der Waals surface area contributed by atoms with Crippen LogP contribution >= 0.6 is 0 Å². The molecule has 0 atom stereocenters. The van der Waals surface area contributed by atoms with E-state index in [1.54, 1.807) is 0 Å². The summed E-state index contributed by atoms with van der Waals surface area (Å²) < 4.78 is 0. The van der Waals surface area contributed by atoms with Gasteiger partial charge in [-0.25, -0.2) is 0 Å². The van der Waals surface area contributed by atoms with Crippen molar-refractivity contribution in [1.82, 2.24) is 0 Å². The molecule has 0 aliphatic heterocycles. The van der Waals surface area contributed by atoms with E-state index in [1.165, 1.54) is 25.7 Å². The van der Waals surface area contributed by atoms with Crippen LogP contribution in [0.1, 0.15) is 46.5 Å². The van der Waals surface area contributed by atoms with E-state index in [4.69, 9.17) is 5.11 Å². The Morgan fingerprint density at radius 3 is 1.92 bits per heavy atom. The summed E-state index contributed by atoms with van der Waals surface area (Å²) in [7, 11) is 0. The largest absolute Gasteiger partial charge is 0.396 e. The molecule has 3 saturated carbocycles. The third kappa shape index (κ3) is 1.10. The fourth-order valence-electron chi connectivity index (χ4n) is 3.71. The van der Waals surface area contributed by atoms with Gasteiger partial charge in [-0.1, -0.05) is 20.8 Å². The van der Waals surface area contributed by atoms with E-state index >= 15 is 0 Å². The van der Waals surface area contributed by atoms with Crippen molar-refractivity contribution >= 4 is 0 Å². The van der Waals surface area contributed by atoms with Crippen molar-refractivity contribution in [2.45, 2.75) is 46.5 Å². The van der Waals surface area contributed by atoms with Crippen molar-refractivity contribution in [1.29, 1.82) is 0 Å². The van der Waals surface area contributed by atoms with Crippen LogP contribution in [-0.4, -0.2) is 11.7 Å². The maximum atomic E-state index is 9.10. The molecule has 0 aromatic carbocycles. The predicted octanol–water partition coefficient (Wildman–Crippen LogP) is 2.59. The maximum Gasteiger partial charge on any atom is 0.0488 e. The zero-order valence-corrected chi connectivity index (χ0v) is 8.48. The molecule has 0 spiro atoms. The number of rotatable bonds is 2. The van der Waals surface area contributed by atoms with Crippen molar-refractivity contribution in [3.63, 3.8) is 0 Å². The molecule has 1 nitrogen and oxygen atoms in total.